The Labute approximate surface area is 156 Å². The molecule has 2 rings (SSSR count). The molecule has 0 aliphatic heterocycles. The lowest BCUT2D eigenvalue weighted by Crippen LogP contribution is -2.16. The molecule has 1 N–H and O–H groups in total. The van der Waals surface area contributed by atoms with E-state index in [1.54, 1.807) is 0 Å². The number of nitrogens with zero attached hydrogens (tertiary/aromatic N) is 1. The minimum Gasteiger partial charge on any atom is -0.321 e. The minimum absolute atomic E-state index is 0.0233. The third kappa shape index (κ3) is 5.61. The van der Waals surface area contributed by atoms with Crippen LogP contribution >= 0.6 is 23.4 Å². The van der Waals surface area contributed by atoms with Crippen LogP contribution in [-0.4, -0.2) is 37.5 Å². The summed E-state index contributed by atoms with van der Waals surface area (Å²) in [6, 6.07) is 6.48. The van der Waals surface area contributed by atoms with Gasteiger partial charge in [0.05, 0.1) is 26.9 Å². The normalized spacial score (nSPS) is 12.0. The number of pyridine rings is 1. The van der Waals surface area contributed by atoms with Crippen molar-refractivity contribution in [3.8, 4) is 0 Å². The maximum absolute atomic E-state index is 12.4. The van der Waals surface area contributed by atoms with Crippen molar-refractivity contribution < 1.29 is 26.4 Å². The summed E-state index contributed by atoms with van der Waals surface area (Å²) < 4.78 is 60.4. The van der Waals surface area contributed by atoms with Crippen molar-refractivity contribution >= 4 is 44.8 Å². The van der Waals surface area contributed by atoms with E-state index in [4.69, 9.17) is 11.6 Å². The first-order chi connectivity index (χ1) is 12.0. The molecule has 0 bridgehead atoms. The Morgan fingerprint density at radius 1 is 1.31 bits per heavy atom. The Morgan fingerprint density at radius 3 is 2.62 bits per heavy atom. The largest absolute Gasteiger partial charge is 0.398 e. The number of halogens is 4. The lowest BCUT2D eigenvalue weighted by molar-refractivity contribution is -0.105. The van der Waals surface area contributed by atoms with Gasteiger partial charge in [-0.2, -0.15) is 13.2 Å². The first-order valence-corrected chi connectivity index (χ1v) is 10.2. The fraction of sp³-hybridized carbons (Fsp3) is 0.200. The number of aromatic nitrogens is 1. The zero-order valence-electron chi connectivity index (χ0n) is 13.2. The predicted octanol–water partition coefficient (Wildman–Crippen LogP) is 4.05. The summed E-state index contributed by atoms with van der Waals surface area (Å²) in [6.45, 7) is 0. The van der Waals surface area contributed by atoms with Crippen LogP contribution in [0.4, 0.5) is 18.9 Å². The number of benzene rings is 1. The van der Waals surface area contributed by atoms with Gasteiger partial charge in [0.1, 0.15) is 5.03 Å². The van der Waals surface area contributed by atoms with Crippen LogP contribution in [0.5, 0.6) is 0 Å². The Balaban J connectivity index is 2.29. The molecule has 1 aromatic carbocycles. The molecule has 0 fully saturated rings. The van der Waals surface area contributed by atoms with Crippen molar-refractivity contribution in [2.75, 3.05) is 17.3 Å². The highest BCUT2D eigenvalue weighted by Gasteiger charge is 2.28. The molecule has 11 heteroatoms. The zero-order chi connectivity index (χ0) is 19.5. The van der Waals surface area contributed by atoms with Gasteiger partial charge < -0.3 is 5.32 Å². The SMILES string of the molecule is CS(=O)(=O)c1ccc(Cl)c(NC(=O)c2cccnc2SCC(F)(F)F)c1. The topological polar surface area (TPSA) is 76.1 Å². The highest BCUT2D eigenvalue weighted by molar-refractivity contribution is 7.99. The van der Waals surface area contributed by atoms with Gasteiger partial charge in [0, 0.05) is 12.5 Å². The van der Waals surface area contributed by atoms with E-state index in [9.17, 15) is 26.4 Å². The van der Waals surface area contributed by atoms with E-state index < -0.39 is 27.7 Å². The summed E-state index contributed by atoms with van der Waals surface area (Å²) in [5, 5.41) is 2.39. The molecule has 0 saturated carbocycles. The third-order valence-electron chi connectivity index (χ3n) is 3.00. The van der Waals surface area contributed by atoms with E-state index in [2.05, 4.69) is 10.3 Å². The van der Waals surface area contributed by atoms with Gasteiger partial charge in [-0.05, 0) is 30.3 Å². The van der Waals surface area contributed by atoms with E-state index in [1.165, 1.54) is 36.5 Å². The lowest BCUT2D eigenvalue weighted by atomic mass is 10.2. The van der Waals surface area contributed by atoms with Crippen molar-refractivity contribution in [1.29, 1.82) is 0 Å². The molecule has 1 amide bonds. The second kappa shape index (κ2) is 7.85. The molecule has 140 valence electrons. The van der Waals surface area contributed by atoms with Crippen LogP contribution in [0.15, 0.2) is 46.5 Å². The van der Waals surface area contributed by atoms with Crippen molar-refractivity contribution in [2.45, 2.75) is 16.1 Å². The summed E-state index contributed by atoms with van der Waals surface area (Å²) in [4.78, 5) is 16.2. The molecule has 0 spiro atoms. The number of nitrogens with one attached hydrogen (secondary N) is 1. The molecular weight excluding hydrogens is 413 g/mol. The van der Waals surface area contributed by atoms with E-state index >= 15 is 0 Å². The second-order valence-corrected chi connectivity index (χ2v) is 8.51. The average Bonchev–Trinajstić information content (AvgIpc) is 2.53. The number of hydrogen-bond donors (Lipinski definition) is 1. The van der Waals surface area contributed by atoms with Crippen LogP contribution in [-0.2, 0) is 9.84 Å². The molecule has 0 atom stereocenters. The monoisotopic (exact) mass is 424 g/mol. The van der Waals surface area contributed by atoms with Gasteiger partial charge in [0.15, 0.2) is 9.84 Å². The molecule has 0 aliphatic rings. The van der Waals surface area contributed by atoms with E-state index in [1.807, 2.05) is 0 Å². The Hall–Kier alpha value is -1.78. The summed E-state index contributed by atoms with van der Waals surface area (Å²) in [5.41, 5.74) is -0.0576. The highest BCUT2D eigenvalue weighted by Crippen LogP contribution is 2.30. The number of carbonyl (C=O) groups excluding carboxylic acids is 1. The molecule has 2 aromatic rings. The fourth-order valence-corrected chi connectivity index (χ4v) is 3.41. The lowest BCUT2D eigenvalue weighted by Gasteiger charge is -2.12. The zero-order valence-corrected chi connectivity index (χ0v) is 15.6. The maximum Gasteiger partial charge on any atom is 0.398 e. The van der Waals surface area contributed by atoms with Gasteiger partial charge in [-0.25, -0.2) is 13.4 Å². The first kappa shape index (κ1) is 20.5. The van der Waals surface area contributed by atoms with E-state index in [-0.39, 0.29) is 26.2 Å². The van der Waals surface area contributed by atoms with Crippen LogP contribution in [0.2, 0.25) is 5.02 Å². The number of carbonyl (C=O) groups is 1. The van der Waals surface area contributed by atoms with Crippen molar-refractivity contribution in [3.63, 3.8) is 0 Å². The van der Waals surface area contributed by atoms with Crippen LogP contribution in [0.1, 0.15) is 10.4 Å². The van der Waals surface area contributed by atoms with E-state index in [0.29, 0.717) is 11.8 Å². The summed E-state index contributed by atoms with van der Waals surface area (Å²) in [7, 11) is -3.53. The number of rotatable bonds is 5. The van der Waals surface area contributed by atoms with Gasteiger partial charge in [-0.15, -0.1) is 0 Å². The van der Waals surface area contributed by atoms with Gasteiger partial charge in [0.25, 0.3) is 5.91 Å². The number of anilines is 1. The molecule has 26 heavy (non-hydrogen) atoms. The number of sulfone groups is 1. The Morgan fingerprint density at radius 2 is 2.00 bits per heavy atom. The van der Waals surface area contributed by atoms with Crippen LogP contribution in [0.3, 0.4) is 0 Å². The van der Waals surface area contributed by atoms with E-state index in [0.717, 1.165) is 6.26 Å². The maximum atomic E-state index is 12.4. The van der Waals surface area contributed by atoms with Crippen molar-refractivity contribution in [1.82, 2.24) is 4.98 Å². The predicted molar refractivity (Wildman–Crippen MR) is 93.5 cm³/mol. The van der Waals surface area contributed by atoms with Crippen molar-refractivity contribution in [2.24, 2.45) is 0 Å². The highest BCUT2D eigenvalue weighted by atomic mass is 35.5. The second-order valence-electron chi connectivity index (χ2n) is 5.13. The van der Waals surface area contributed by atoms with Crippen molar-refractivity contribution in [3.05, 3.63) is 47.1 Å². The number of thioether (sulfide) groups is 1. The van der Waals surface area contributed by atoms with Gasteiger partial charge in [-0.1, -0.05) is 23.4 Å². The summed E-state index contributed by atoms with van der Waals surface area (Å²) in [6.07, 6.45) is -2.15. The summed E-state index contributed by atoms with van der Waals surface area (Å²) in [5.74, 6) is -1.95. The molecule has 0 aliphatic carbocycles. The molecule has 0 radical (unpaired) electrons. The standard InChI is InChI=1S/C15H12ClF3N2O3S2/c1-26(23,24)9-4-5-11(16)12(7-9)21-13(22)10-3-2-6-20-14(10)25-8-15(17,18)19/h2-7H,8H2,1H3,(H,21,22). The van der Waals surface area contributed by atoms with Crippen LogP contribution in [0, 0.1) is 0 Å². The Kier molecular flexibility index (Phi) is 6.20. The van der Waals surface area contributed by atoms with Gasteiger partial charge in [0.2, 0.25) is 0 Å². The van der Waals surface area contributed by atoms with Gasteiger partial charge in [-0.3, -0.25) is 4.79 Å². The number of hydrogen-bond acceptors (Lipinski definition) is 5. The number of amides is 1. The minimum atomic E-state index is -4.41. The molecule has 0 saturated heterocycles. The molecule has 0 unspecified atom stereocenters. The molecule has 5 nitrogen and oxygen atoms in total. The van der Waals surface area contributed by atoms with Crippen LogP contribution in [0.25, 0.3) is 0 Å². The van der Waals surface area contributed by atoms with Crippen LogP contribution < -0.4 is 5.32 Å². The average molecular weight is 425 g/mol. The van der Waals surface area contributed by atoms with Gasteiger partial charge >= 0.3 is 6.18 Å². The number of alkyl halides is 3. The fourth-order valence-electron chi connectivity index (χ4n) is 1.85. The smallest absolute Gasteiger partial charge is 0.321 e. The molecular formula is C15H12ClF3N2O3S2. The molecule has 1 heterocycles. The summed E-state index contributed by atoms with van der Waals surface area (Å²) >= 11 is 6.34. The molecule has 1 aromatic heterocycles. The first-order valence-electron chi connectivity index (χ1n) is 6.93. The quantitative estimate of drug-likeness (QED) is 0.733. The third-order valence-corrected chi connectivity index (χ3v) is 5.51. The Bertz CT molecular complexity index is 934.